The molecule has 0 radical (unpaired) electrons. The van der Waals surface area contributed by atoms with Gasteiger partial charge in [0.25, 0.3) is 0 Å². The number of nitrogens with one attached hydrogen (secondary N) is 1. The zero-order valence-corrected chi connectivity index (χ0v) is 11.5. The van der Waals surface area contributed by atoms with E-state index in [1.165, 1.54) is 12.1 Å². The zero-order chi connectivity index (χ0) is 14.2. The third-order valence-corrected chi connectivity index (χ3v) is 2.83. The summed E-state index contributed by atoms with van der Waals surface area (Å²) >= 11 is 0. The fourth-order valence-electron chi connectivity index (χ4n) is 1.90. The number of ether oxygens (including phenoxy) is 1. The van der Waals surface area contributed by atoms with E-state index in [4.69, 9.17) is 4.74 Å². The van der Waals surface area contributed by atoms with Crippen molar-refractivity contribution >= 4 is 6.08 Å². The molecule has 104 valence electrons. The topological polar surface area (TPSA) is 21.3 Å². The summed E-state index contributed by atoms with van der Waals surface area (Å²) in [5.41, 5.74) is 1.95. The number of hydrogen-bond acceptors (Lipinski definition) is 2. The standard InChI is InChI=1S/C17H18FNO/c1-19-13-15-12-16(18)9-10-17(15)20-11-5-8-14-6-3-2-4-7-14/h2-10,12,19H,11,13H2,1H3/b8-5+. The molecule has 0 saturated heterocycles. The summed E-state index contributed by atoms with van der Waals surface area (Å²) in [6, 6.07) is 14.6. The smallest absolute Gasteiger partial charge is 0.124 e. The van der Waals surface area contributed by atoms with Gasteiger partial charge in [-0.05, 0) is 36.9 Å². The summed E-state index contributed by atoms with van der Waals surface area (Å²) in [7, 11) is 1.82. The summed E-state index contributed by atoms with van der Waals surface area (Å²) < 4.78 is 18.9. The third kappa shape index (κ3) is 4.21. The van der Waals surface area contributed by atoms with Crippen molar-refractivity contribution in [3.05, 3.63) is 71.6 Å². The van der Waals surface area contributed by atoms with Gasteiger partial charge in [0.2, 0.25) is 0 Å². The SMILES string of the molecule is CNCc1cc(F)ccc1OC/C=C/c1ccccc1. The predicted molar refractivity (Wildman–Crippen MR) is 80.1 cm³/mol. The molecule has 0 aliphatic heterocycles. The van der Waals surface area contributed by atoms with Crippen molar-refractivity contribution in [3.8, 4) is 5.75 Å². The number of hydrogen-bond donors (Lipinski definition) is 1. The van der Waals surface area contributed by atoms with E-state index in [1.54, 1.807) is 6.07 Å². The van der Waals surface area contributed by atoms with Crippen LogP contribution in [0.3, 0.4) is 0 Å². The van der Waals surface area contributed by atoms with E-state index in [9.17, 15) is 4.39 Å². The van der Waals surface area contributed by atoms with E-state index in [1.807, 2.05) is 49.5 Å². The van der Waals surface area contributed by atoms with Crippen LogP contribution in [-0.2, 0) is 6.54 Å². The van der Waals surface area contributed by atoms with Gasteiger partial charge < -0.3 is 10.1 Å². The van der Waals surface area contributed by atoms with Gasteiger partial charge in [-0.25, -0.2) is 4.39 Å². The highest BCUT2D eigenvalue weighted by Crippen LogP contribution is 2.19. The molecule has 0 unspecified atom stereocenters. The molecule has 0 spiro atoms. The van der Waals surface area contributed by atoms with Crippen LogP contribution in [0.5, 0.6) is 5.75 Å². The lowest BCUT2D eigenvalue weighted by molar-refractivity contribution is 0.357. The highest BCUT2D eigenvalue weighted by Gasteiger charge is 2.03. The van der Waals surface area contributed by atoms with Gasteiger partial charge in [0.1, 0.15) is 18.2 Å². The Labute approximate surface area is 118 Å². The highest BCUT2D eigenvalue weighted by atomic mass is 19.1. The minimum Gasteiger partial charge on any atom is -0.489 e. The molecule has 2 aromatic carbocycles. The van der Waals surface area contributed by atoms with Crippen molar-refractivity contribution in [1.29, 1.82) is 0 Å². The Bertz CT molecular complexity index is 566. The van der Waals surface area contributed by atoms with E-state index < -0.39 is 0 Å². The summed E-state index contributed by atoms with van der Waals surface area (Å²) in [6.07, 6.45) is 3.95. The molecular weight excluding hydrogens is 253 g/mol. The quantitative estimate of drug-likeness (QED) is 0.866. The average Bonchev–Trinajstić information content (AvgIpc) is 2.47. The second-order valence-electron chi connectivity index (χ2n) is 4.41. The summed E-state index contributed by atoms with van der Waals surface area (Å²) in [6.45, 7) is 1.03. The molecule has 0 aliphatic carbocycles. The van der Waals surface area contributed by atoms with E-state index in [0.717, 1.165) is 11.1 Å². The van der Waals surface area contributed by atoms with Crippen LogP contribution >= 0.6 is 0 Å². The Morgan fingerprint density at radius 1 is 1.15 bits per heavy atom. The second kappa shape index (κ2) is 7.46. The van der Waals surface area contributed by atoms with E-state index in [0.29, 0.717) is 18.9 Å². The summed E-state index contributed by atoms with van der Waals surface area (Å²) in [5, 5.41) is 3.00. The van der Waals surface area contributed by atoms with Crippen LogP contribution in [-0.4, -0.2) is 13.7 Å². The maximum Gasteiger partial charge on any atom is 0.124 e. The molecule has 20 heavy (non-hydrogen) atoms. The molecule has 2 rings (SSSR count). The van der Waals surface area contributed by atoms with Crippen molar-refractivity contribution in [2.45, 2.75) is 6.54 Å². The molecule has 1 N–H and O–H groups in total. The molecule has 0 amide bonds. The molecule has 2 aromatic rings. The van der Waals surface area contributed by atoms with Crippen LogP contribution in [0, 0.1) is 5.82 Å². The lowest BCUT2D eigenvalue weighted by Gasteiger charge is -2.09. The van der Waals surface area contributed by atoms with Crippen molar-refractivity contribution in [2.24, 2.45) is 0 Å². The normalized spacial score (nSPS) is 10.9. The van der Waals surface area contributed by atoms with Gasteiger partial charge in [-0.3, -0.25) is 0 Å². The van der Waals surface area contributed by atoms with Crippen molar-refractivity contribution < 1.29 is 9.13 Å². The lowest BCUT2D eigenvalue weighted by Crippen LogP contribution is -2.08. The van der Waals surface area contributed by atoms with Gasteiger partial charge in [0.05, 0.1) is 0 Å². The molecule has 0 saturated carbocycles. The van der Waals surface area contributed by atoms with Gasteiger partial charge >= 0.3 is 0 Å². The summed E-state index contributed by atoms with van der Waals surface area (Å²) in [4.78, 5) is 0. The highest BCUT2D eigenvalue weighted by molar-refractivity contribution is 5.48. The monoisotopic (exact) mass is 271 g/mol. The Kier molecular flexibility index (Phi) is 5.33. The maximum absolute atomic E-state index is 13.2. The van der Waals surface area contributed by atoms with Crippen molar-refractivity contribution in [3.63, 3.8) is 0 Å². The first-order chi connectivity index (χ1) is 9.79. The lowest BCUT2D eigenvalue weighted by atomic mass is 10.2. The fourth-order valence-corrected chi connectivity index (χ4v) is 1.90. The minimum atomic E-state index is -0.248. The molecule has 0 bridgehead atoms. The number of halogens is 1. The Morgan fingerprint density at radius 2 is 1.95 bits per heavy atom. The Hall–Kier alpha value is -2.13. The minimum absolute atomic E-state index is 0.248. The first-order valence-corrected chi connectivity index (χ1v) is 6.57. The van der Waals surface area contributed by atoms with Gasteiger partial charge in [-0.2, -0.15) is 0 Å². The molecule has 0 aromatic heterocycles. The predicted octanol–water partition coefficient (Wildman–Crippen LogP) is 3.64. The first-order valence-electron chi connectivity index (χ1n) is 6.57. The zero-order valence-electron chi connectivity index (χ0n) is 11.5. The van der Waals surface area contributed by atoms with Crippen LogP contribution < -0.4 is 10.1 Å². The van der Waals surface area contributed by atoms with E-state index >= 15 is 0 Å². The molecule has 3 heteroatoms. The van der Waals surface area contributed by atoms with Gasteiger partial charge in [-0.15, -0.1) is 0 Å². The van der Waals surface area contributed by atoms with Gasteiger partial charge in [0.15, 0.2) is 0 Å². The van der Waals surface area contributed by atoms with Crippen LogP contribution in [0.4, 0.5) is 4.39 Å². The largest absolute Gasteiger partial charge is 0.489 e. The number of rotatable bonds is 6. The molecule has 0 heterocycles. The van der Waals surface area contributed by atoms with Crippen LogP contribution in [0.15, 0.2) is 54.6 Å². The average molecular weight is 271 g/mol. The van der Waals surface area contributed by atoms with Gasteiger partial charge in [0, 0.05) is 12.1 Å². The molecule has 0 atom stereocenters. The van der Waals surface area contributed by atoms with Crippen molar-refractivity contribution in [2.75, 3.05) is 13.7 Å². The fraction of sp³-hybridized carbons (Fsp3) is 0.176. The third-order valence-electron chi connectivity index (χ3n) is 2.83. The van der Waals surface area contributed by atoms with Crippen LogP contribution in [0.2, 0.25) is 0 Å². The molecule has 0 aliphatic rings. The first kappa shape index (κ1) is 14.3. The Balaban J connectivity index is 1.95. The Morgan fingerprint density at radius 3 is 2.70 bits per heavy atom. The van der Waals surface area contributed by atoms with Crippen molar-refractivity contribution in [1.82, 2.24) is 5.32 Å². The summed E-state index contributed by atoms with van der Waals surface area (Å²) in [5.74, 6) is 0.459. The van der Waals surface area contributed by atoms with E-state index in [2.05, 4.69) is 5.32 Å². The van der Waals surface area contributed by atoms with Gasteiger partial charge in [-0.1, -0.05) is 36.4 Å². The molecule has 2 nitrogen and oxygen atoms in total. The maximum atomic E-state index is 13.2. The number of benzene rings is 2. The van der Waals surface area contributed by atoms with E-state index in [-0.39, 0.29) is 5.82 Å². The molecular formula is C17H18FNO. The molecule has 0 fully saturated rings. The van der Waals surface area contributed by atoms with Crippen LogP contribution in [0.1, 0.15) is 11.1 Å². The second-order valence-corrected chi connectivity index (χ2v) is 4.41. The van der Waals surface area contributed by atoms with Crippen LogP contribution in [0.25, 0.3) is 6.08 Å².